The van der Waals surface area contributed by atoms with Crippen molar-refractivity contribution in [2.45, 2.75) is 22.8 Å². The Bertz CT molecular complexity index is 758. The number of sulfonamides is 1. The maximum Gasteiger partial charge on any atom is 0.243 e. The molecule has 1 unspecified atom stereocenters. The minimum absolute atomic E-state index is 0.0217. The number of sulfone groups is 1. The number of benzene rings is 1. The second-order valence-corrected chi connectivity index (χ2v) is 8.02. The highest BCUT2D eigenvalue weighted by Gasteiger charge is 2.24. The zero-order valence-electron chi connectivity index (χ0n) is 11.3. The summed E-state index contributed by atoms with van der Waals surface area (Å²) >= 11 is 0. The van der Waals surface area contributed by atoms with Crippen molar-refractivity contribution in [3.8, 4) is 0 Å². The van der Waals surface area contributed by atoms with Gasteiger partial charge in [-0.15, -0.1) is 0 Å². The van der Waals surface area contributed by atoms with Gasteiger partial charge in [-0.1, -0.05) is 0 Å². The van der Waals surface area contributed by atoms with Crippen LogP contribution in [0.15, 0.2) is 28.0 Å². The third-order valence-corrected chi connectivity index (χ3v) is 5.28. The molecule has 0 saturated heterocycles. The fourth-order valence-corrected chi connectivity index (χ4v) is 3.56. The number of primary amides is 1. The molecule has 1 amide bonds. The van der Waals surface area contributed by atoms with Crippen molar-refractivity contribution in [1.29, 1.82) is 0 Å². The van der Waals surface area contributed by atoms with Gasteiger partial charge in [0.2, 0.25) is 15.9 Å². The number of hydrogen-bond donors (Lipinski definition) is 4. The SMILES string of the molecule is CC(NS(=O)(=O)c1cc(S(C)(=O)=O)ccc1NN)C(N)=O. The summed E-state index contributed by atoms with van der Waals surface area (Å²) in [7, 11) is -7.80. The number of nitrogen functional groups attached to an aromatic ring is 1. The van der Waals surface area contributed by atoms with Crippen molar-refractivity contribution in [3.63, 3.8) is 0 Å². The molecule has 1 atom stereocenters. The fraction of sp³-hybridized carbons (Fsp3) is 0.300. The summed E-state index contributed by atoms with van der Waals surface area (Å²) in [6.45, 7) is 1.26. The molecule has 0 heterocycles. The highest BCUT2D eigenvalue weighted by molar-refractivity contribution is 7.91. The minimum atomic E-state index is -4.19. The average Bonchev–Trinajstić information content (AvgIpc) is 2.36. The minimum Gasteiger partial charge on any atom is -0.368 e. The van der Waals surface area contributed by atoms with E-state index < -0.39 is 36.7 Å². The smallest absolute Gasteiger partial charge is 0.243 e. The van der Waals surface area contributed by atoms with Crippen LogP contribution >= 0.6 is 0 Å². The number of carbonyl (C=O) groups is 1. The van der Waals surface area contributed by atoms with Gasteiger partial charge in [0.15, 0.2) is 9.84 Å². The van der Waals surface area contributed by atoms with Crippen LogP contribution in [-0.4, -0.2) is 35.0 Å². The van der Waals surface area contributed by atoms with Crippen LogP contribution in [0.25, 0.3) is 0 Å². The van der Waals surface area contributed by atoms with E-state index in [9.17, 15) is 21.6 Å². The molecule has 1 rings (SSSR count). The first-order valence-corrected chi connectivity index (χ1v) is 8.99. The average molecular weight is 336 g/mol. The molecule has 0 aliphatic rings. The van der Waals surface area contributed by atoms with Crippen molar-refractivity contribution in [2.75, 3.05) is 11.7 Å². The lowest BCUT2D eigenvalue weighted by atomic mass is 10.3. The Labute approximate surface area is 122 Å². The normalized spacial score (nSPS) is 13.7. The van der Waals surface area contributed by atoms with Crippen LogP contribution in [-0.2, 0) is 24.7 Å². The highest BCUT2D eigenvalue weighted by Crippen LogP contribution is 2.24. The Kier molecular flexibility index (Phi) is 4.94. The quantitative estimate of drug-likeness (QED) is 0.364. The second-order valence-electron chi connectivity index (χ2n) is 4.32. The van der Waals surface area contributed by atoms with Crippen molar-refractivity contribution in [3.05, 3.63) is 18.2 Å². The predicted molar refractivity (Wildman–Crippen MR) is 76.3 cm³/mol. The Morgan fingerprint density at radius 2 is 1.81 bits per heavy atom. The largest absolute Gasteiger partial charge is 0.368 e. The van der Waals surface area contributed by atoms with Crippen LogP contribution in [0.3, 0.4) is 0 Å². The number of amides is 1. The summed E-state index contributed by atoms with van der Waals surface area (Å²) in [5.41, 5.74) is 7.12. The molecule has 0 aliphatic heterocycles. The summed E-state index contributed by atoms with van der Waals surface area (Å²) in [6.07, 6.45) is 0.938. The Morgan fingerprint density at radius 1 is 1.24 bits per heavy atom. The summed E-state index contributed by atoms with van der Waals surface area (Å²) in [6, 6.07) is 2.20. The molecule has 0 radical (unpaired) electrons. The number of anilines is 1. The van der Waals surface area contributed by atoms with Crippen LogP contribution in [0.2, 0.25) is 0 Å². The number of rotatable bonds is 6. The van der Waals surface area contributed by atoms with Crippen molar-refractivity contribution in [2.24, 2.45) is 11.6 Å². The lowest BCUT2D eigenvalue weighted by Gasteiger charge is -2.14. The van der Waals surface area contributed by atoms with E-state index in [2.05, 4.69) is 5.43 Å². The van der Waals surface area contributed by atoms with E-state index in [4.69, 9.17) is 11.6 Å². The van der Waals surface area contributed by atoms with E-state index in [-0.39, 0.29) is 10.6 Å². The summed E-state index contributed by atoms with van der Waals surface area (Å²) in [5, 5.41) is 0. The van der Waals surface area contributed by atoms with Gasteiger partial charge in [0.05, 0.1) is 16.6 Å². The van der Waals surface area contributed by atoms with Gasteiger partial charge in [0.1, 0.15) is 4.90 Å². The van der Waals surface area contributed by atoms with Crippen molar-refractivity contribution in [1.82, 2.24) is 4.72 Å². The van der Waals surface area contributed by atoms with Crippen LogP contribution in [0.1, 0.15) is 6.92 Å². The molecule has 6 N–H and O–H groups in total. The number of nitrogens with two attached hydrogens (primary N) is 2. The van der Waals surface area contributed by atoms with Gasteiger partial charge >= 0.3 is 0 Å². The first kappa shape index (κ1) is 17.4. The van der Waals surface area contributed by atoms with E-state index >= 15 is 0 Å². The number of nitrogens with one attached hydrogen (secondary N) is 2. The number of hydrogen-bond acceptors (Lipinski definition) is 7. The number of hydrazine groups is 1. The summed E-state index contributed by atoms with van der Waals surface area (Å²) in [5.74, 6) is 4.34. The molecule has 0 aromatic heterocycles. The van der Waals surface area contributed by atoms with Gasteiger partial charge in [-0.3, -0.25) is 10.6 Å². The topological polar surface area (TPSA) is 161 Å². The third-order valence-electron chi connectivity index (χ3n) is 2.58. The van der Waals surface area contributed by atoms with Gasteiger partial charge < -0.3 is 11.2 Å². The molecule has 118 valence electrons. The van der Waals surface area contributed by atoms with Crippen LogP contribution < -0.4 is 21.7 Å². The molecule has 11 heteroatoms. The lowest BCUT2D eigenvalue weighted by molar-refractivity contribution is -0.119. The van der Waals surface area contributed by atoms with Crippen molar-refractivity contribution >= 4 is 31.5 Å². The lowest BCUT2D eigenvalue weighted by Crippen LogP contribution is -2.42. The summed E-state index contributed by atoms with van der Waals surface area (Å²) < 4.78 is 49.4. The molecule has 1 aromatic rings. The predicted octanol–water partition coefficient (Wildman–Crippen LogP) is -1.47. The Hall–Kier alpha value is -1.69. The van der Waals surface area contributed by atoms with Crippen LogP contribution in [0.4, 0.5) is 5.69 Å². The second kappa shape index (κ2) is 5.97. The maximum absolute atomic E-state index is 12.2. The molecule has 0 saturated carbocycles. The maximum atomic E-state index is 12.2. The zero-order chi connectivity index (χ0) is 16.4. The number of carbonyl (C=O) groups excluding carboxylic acids is 1. The molecule has 21 heavy (non-hydrogen) atoms. The fourth-order valence-electron chi connectivity index (χ4n) is 1.43. The monoisotopic (exact) mass is 336 g/mol. The Balaban J connectivity index is 3.42. The van der Waals surface area contributed by atoms with E-state index in [1.807, 2.05) is 4.72 Å². The van der Waals surface area contributed by atoms with E-state index in [1.54, 1.807) is 0 Å². The van der Waals surface area contributed by atoms with Crippen LogP contribution in [0.5, 0.6) is 0 Å². The van der Waals surface area contributed by atoms with Crippen LogP contribution in [0, 0.1) is 0 Å². The summed E-state index contributed by atoms with van der Waals surface area (Å²) in [4.78, 5) is 10.3. The molecular weight excluding hydrogens is 320 g/mol. The first-order chi connectivity index (χ1) is 9.49. The van der Waals surface area contributed by atoms with Gasteiger partial charge in [-0.05, 0) is 25.1 Å². The zero-order valence-corrected chi connectivity index (χ0v) is 13.0. The molecule has 0 spiro atoms. The molecule has 1 aromatic carbocycles. The molecule has 0 bridgehead atoms. The molecule has 0 aliphatic carbocycles. The highest BCUT2D eigenvalue weighted by atomic mass is 32.2. The molecular formula is C10H16N4O5S2. The van der Waals surface area contributed by atoms with E-state index in [0.717, 1.165) is 12.3 Å². The first-order valence-electron chi connectivity index (χ1n) is 5.61. The van der Waals surface area contributed by atoms with Gasteiger partial charge in [-0.25, -0.2) is 16.8 Å². The van der Waals surface area contributed by atoms with E-state index in [1.165, 1.54) is 19.1 Å². The van der Waals surface area contributed by atoms with E-state index in [0.29, 0.717) is 0 Å². The van der Waals surface area contributed by atoms with Crippen molar-refractivity contribution < 1.29 is 21.6 Å². The van der Waals surface area contributed by atoms with Gasteiger partial charge in [0.25, 0.3) is 0 Å². The third kappa shape index (κ3) is 4.14. The Morgan fingerprint density at radius 3 is 2.24 bits per heavy atom. The molecule has 0 fully saturated rings. The van der Waals surface area contributed by atoms with Gasteiger partial charge in [0, 0.05) is 6.26 Å². The van der Waals surface area contributed by atoms with Gasteiger partial charge in [-0.2, -0.15) is 4.72 Å². The standard InChI is InChI=1S/C10H16N4O5S2/c1-6(10(11)15)14-21(18,19)9-5-7(20(2,16)17)3-4-8(9)13-12/h3-6,13-14H,12H2,1-2H3,(H2,11,15). The molecule has 9 nitrogen and oxygen atoms in total.